The summed E-state index contributed by atoms with van der Waals surface area (Å²) in [4.78, 5) is 12.0. The van der Waals surface area contributed by atoms with E-state index in [0.717, 1.165) is 12.0 Å². The molecule has 1 aromatic carbocycles. The second-order valence-corrected chi connectivity index (χ2v) is 5.88. The summed E-state index contributed by atoms with van der Waals surface area (Å²) in [7, 11) is 0. The molecule has 3 nitrogen and oxygen atoms in total. The van der Waals surface area contributed by atoms with E-state index in [0.29, 0.717) is 16.5 Å². The molecular formula is C14H17Cl2NO2. The molecule has 3 unspecified atom stereocenters. The number of aliphatic hydroxyl groups excluding tert-OH is 1. The highest BCUT2D eigenvalue weighted by Crippen LogP contribution is 2.50. The normalized spacial score (nSPS) is 22.9. The largest absolute Gasteiger partial charge is 0.396 e. The minimum absolute atomic E-state index is 0.000519. The maximum atomic E-state index is 12.0. The third kappa shape index (κ3) is 3.62. The molecule has 3 atom stereocenters. The van der Waals surface area contributed by atoms with Gasteiger partial charge in [0.2, 0.25) is 5.91 Å². The van der Waals surface area contributed by atoms with Crippen LogP contribution in [0.3, 0.4) is 0 Å². The van der Waals surface area contributed by atoms with Gasteiger partial charge in [-0.3, -0.25) is 4.79 Å². The van der Waals surface area contributed by atoms with Crippen LogP contribution in [0.15, 0.2) is 18.2 Å². The third-order valence-corrected chi connectivity index (χ3v) is 4.00. The molecule has 0 aliphatic heterocycles. The number of aliphatic hydroxyl groups is 1. The van der Waals surface area contributed by atoms with E-state index in [2.05, 4.69) is 5.32 Å². The Kier molecular flexibility index (Phi) is 4.71. The molecule has 1 saturated carbocycles. The van der Waals surface area contributed by atoms with Gasteiger partial charge in [-0.15, -0.1) is 0 Å². The van der Waals surface area contributed by atoms with E-state index in [-0.39, 0.29) is 30.4 Å². The Morgan fingerprint density at radius 3 is 2.89 bits per heavy atom. The Balaban J connectivity index is 1.95. The van der Waals surface area contributed by atoms with Crippen LogP contribution in [0, 0.1) is 5.92 Å². The molecule has 1 aliphatic carbocycles. The van der Waals surface area contributed by atoms with E-state index in [1.54, 1.807) is 12.1 Å². The van der Waals surface area contributed by atoms with E-state index in [4.69, 9.17) is 28.3 Å². The van der Waals surface area contributed by atoms with Crippen molar-refractivity contribution in [2.24, 2.45) is 5.92 Å². The molecule has 2 N–H and O–H groups in total. The quantitative estimate of drug-likeness (QED) is 0.878. The number of hydrogen-bond acceptors (Lipinski definition) is 2. The standard InChI is InChI=1S/C14H17Cl2NO2/c1-8(4-5-18)17-14(19)12-7-11(12)10-3-2-9(15)6-13(10)16/h2-3,6,8,11-12,18H,4-5,7H2,1H3,(H,17,19). The van der Waals surface area contributed by atoms with Crippen LogP contribution in [0.1, 0.15) is 31.2 Å². The van der Waals surface area contributed by atoms with Crippen molar-refractivity contribution in [3.63, 3.8) is 0 Å². The van der Waals surface area contributed by atoms with Crippen molar-refractivity contribution in [3.05, 3.63) is 33.8 Å². The topological polar surface area (TPSA) is 49.3 Å². The van der Waals surface area contributed by atoms with Gasteiger partial charge >= 0.3 is 0 Å². The fraction of sp³-hybridized carbons (Fsp3) is 0.500. The Hall–Kier alpha value is -0.770. The molecule has 0 aromatic heterocycles. The van der Waals surface area contributed by atoms with Gasteiger partial charge in [0.25, 0.3) is 0 Å². The Labute approximate surface area is 122 Å². The molecule has 1 fully saturated rings. The summed E-state index contributed by atoms with van der Waals surface area (Å²) in [6.45, 7) is 1.97. The van der Waals surface area contributed by atoms with Crippen LogP contribution >= 0.6 is 23.2 Å². The number of halogens is 2. The summed E-state index contributed by atoms with van der Waals surface area (Å²) in [6.07, 6.45) is 1.39. The van der Waals surface area contributed by atoms with Crippen molar-refractivity contribution >= 4 is 29.1 Å². The average Bonchev–Trinajstić information content (AvgIpc) is 3.09. The van der Waals surface area contributed by atoms with E-state index in [1.165, 1.54) is 0 Å². The van der Waals surface area contributed by atoms with Crippen molar-refractivity contribution in [2.75, 3.05) is 6.61 Å². The molecule has 0 spiro atoms. The zero-order valence-corrected chi connectivity index (χ0v) is 12.2. The van der Waals surface area contributed by atoms with E-state index < -0.39 is 0 Å². The van der Waals surface area contributed by atoms with Crippen molar-refractivity contribution in [1.29, 1.82) is 0 Å². The smallest absolute Gasteiger partial charge is 0.223 e. The Morgan fingerprint density at radius 2 is 2.26 bits per heavy atom. The van der Waals surface area contributed by atoms with Crippen LogP contribution in [-0.4, -0.2) is 23.7 Å². The summed E-state index contributed by atoms with van der Waals surface area (Å²) in [5, 5.41) is 12.9. The highest BCUT2D eigenvalue weighted by atomic mass is 35.5. The van der Waals surface area contributed by atoms with Crippen LogP contribution < -0.4 is 5.32 Å². The first-order valence-electron chi connectivity index (χ1n) is 6.39. The highest BCUT2D eigenvalue weighted by Gasteiger charge is 2.45. The molecule has 104 valence electrons. The lowest BCUT2D eigenvalue weighted by atomic mass is 10.1. The van der Waals surface area contributed by atoms with Crippen molar-refractivity contribution in [2.45, 2.75) is 31.7 Å². The van der Waals surface area contributed by atoms with Crippen molar-refractivity contribution in [1.82, 2.24) is 5.32 Å². The molecule has 1 amide bonds. The first-order chi connectivity index (χ1) is 9.02. The summed E-state index contributed by atoms with van der Waals surface area (Å²) in [5.41, 5.74) is 0.987. The molecule has 19 heavy (non-hydrogen) atoms. The molecule has 2 rings (SSSR count). The molecule has 0 heterocycles. The lowest BCUT2D eigenvalue weighted by Crippen LogP contribution is -2.34. The average molecular weight is 302 g/mol. The monoisotopic (exact) mass is 301 g/mol. The van der Waals surface area contributed by atoms with Crippen LogP contribution in [0.5, 0.6) is 0 Å². The molecule has 5 heteroatoms. The summed E-state index contributed by atoms with van der Waals surface area (Å²) in [5.74, 6) is 0.211. The van der Waals surface area contributed by atoms with Gasteiger partial charge in [-0.25, -0.2) is 0 Å². The van der Waals surface area contributed by atoms with E-state index >= 15 is 0 Å². The number of hydrogen-bond donors (Lipinski definition) is 2. The zero-order chi connectivity index (χ0) is 14.0. The minimum atomic E-state index is -0.0141. The van der Waals surface area contributed by atoms with E-state index in [9.17, 15) is 4.79 Å². The van der Waals surface area contributed by atoms with Gasteiger partial charge in [-0.05, 0) is 43.4 Å². The Morgan fingerprint density at radius 1 is 1.53 bits per heavy atom. The van der Waals surface area contributed by atoms with Gasteiger partial charge in [0, 0.05) is 28.6 Å². The second-order valence-electron chi connectivity index (χ2n) is 5.04. The first-order valence-corrected chi connectivity index (χ1v) is 7.14. The molecular weight excluding hydrogens is 285 g/mol. The fourth-order valence-corrected chi connectivity index (χ4v) is 2.80. The van der Waals surface area contributed by atoms with Crippen LogP contribution in [0.2, 0.25) is 10.0 Å². The van der Waals surface area contributed by atoms with Gasteiger partial charge < -0.3 is 10.4 Å². The fourth-order valence-electron chi connectivity index (χ4n) is 2.25. The van der Waals surface area contributed by atoms with E-state index in [1.807, 2.05) is 13.0 Å². The van der Waals surface area contributed by atoms with Gasteiger partial charge in [-0.1, -0.05) is 29.3 Å². The molecule has 1 aromatic rings. The second kappa shape index (κ2) is 6.12. The van der Waals surface area contributed by atoms with Crippen molar-refractivity contribution in [3.8, 4) is 0 Å². The lowest BCUT2D eigenvalue weighted by Gasteiger charge is -2.12. The predicted molar refractivity (Wildman–Crippen MR) is 76.6 cm³/mol. The van der Waals surface area contributed by atoms with Gasteiger partial charge in [0.15, 0.2) is 0 Å². The molecule has 1 aliphatic rings. The Bertz CT molecular complexity index is 479. The third-order valence-electron chi connectivity index (χ3n) is 3.44. The van der Waals surface area contributed by atoms with Gasteiger partial charge in [0.05, 0.1) is 0 Å². The zero-order valence-electron chi connectivity index (χ0n) is 10.7. The number of carbonyl (C=O) groups is 1. The predicted octanol–water partition coefficient (Wildman–Crippen LogP) is 2.98. The maximum absolute atomic E-state index is 12.0. The highest BCUT2D eigenvalue weighted by molar-refractivity contribution is 6.35. The van der Waals surface area contributed by atoms with Gasteiger partial charge in [-0.2, -0.15) is 0 Å². The summed E-state index contributed by atoms with van der Waals surface area (Å²) >= 11 is 12.0. The maximum Gasteiger partial charge on any atom is 0.223 e. The lowest BCUT2D eigenvalue weighted by molar-refractivity contribution is -0.123. The molecule has 0 bridgehead atoms. The van der Waals surface area contributed by atoms with Crippen molar-refractivity contribution < 1.29 is 9.90 Å². The van der Waals surface area contributed by atoms with Crippen LogP contribution in [-0.2, 0) is 4.79 Å². The minimum Gasteiger partial charge on any atom is -0.396 e. The number of amides is 1. The van der Waals surface area contributed by atoms with Crippen LogP contribution in [0.4, 0.5) is 0 Å². The van der Waals surface area contributed by atoms with Gasteiger partial charge in [0.1, 0.15) is 0 Å². The number of rotatable bonds is 5. The molecule has 0 saturated heterocycles. The molecule has 0 radical (unpaired) electrons. The summed E-state index contributed by atoms with van der Waals surface area (Å²) in [6, 6.07) is 5.39. The number of benzene rings is 1. The first kappa shape index (κ1) is 14.6. The number of carbonyl (C=O) groups excluding carboxylic acids is 1. The summed E-state index contributed by atoms with van der Waals surface area (Å²) < 4.78 is 0. The SMILES string of the molecule is CC(CCO)NC(=O)C1CC1c1ccc(Cl)cc1Cl. The number of nitrogens with one attached hydrogen (secondary N) is 1. The van der Waals surface area contributed by atoms with Crippen LogP contribution in [0.25, 0.3) is 0 Å².